The summed E-state index contributed by atoms with van der Waals surface area (Å²) >= 11 is 0. The zero-order valence-electron chi connectivity index (χ0n) is 17.6. The second-order valence-electron chi connectivity index (χ2n) is 8.19. The highest BCUT2D eigenvalue weighted by atomic mass is 19.4. The Morgan fingerprint density at radius 2 is 1.60 bits per heavy atom. The maximum atomic E-state index is 13.1. The van der Waals surface area contributed by atoms with E-state index in [1.165, 1.54) is 12.1 Å². The van der Waals surface area contributed by atoms with Crippen LogP contribution in [0.25, 0.3) is 0 Å². The molecule has 0 aliphatic carbocycles. The molecule has 0 N–H and O–H groups in total. The Morgan fingerprint density at radius 1 is 0.967 bits per heavy atom. The van der Waals surface area contributed by atoms with Crippen molar-refractivity contribution in [3.63, 3.8) is 0 Å². The molecule has 0 aliphatic heterocycles. The lowest BCUT2D eigenvalue weighted by Crippen LogP contribution is -2.35. The molecule has 0 saturated heterocycles. The molecule has 0 saturated carbocycles. The van der Waals surface area contributed by atoms with Crippen LogP contribution in [0.4, 0.5) is 13.2 Å². The minimum atomic E-state index is -4.38. The van der Waals surface area contributed by atoms with Gasteiger partial charge in [-0.15, -0.1) is 5.10 Å². The van der Waals surface area contributed by atoms with Gasteiger partial charge in [-0.3, -0.25) is 4.90 Å². The Kier molecular flexibility index (Phi) is 6.26. The smallest absolute Gasteiger partial charge is 0.286 e. The molecule has 0 aliphatic rings. The first-order chi connectivity index (χ1) is 14.1. The molecule has 0 bridgehead atoms. The largest absolute Gasteiger partial charge is 0.416 e. The fourth-order valence-corrected chi connectivity index (χ4v) is 3.42. The van der Waals surface area contributed by atoms with Gasteiger partial charge in [0.25, 0.3) is 0 Å². The molecular weight excluding hydrogens is 391 g/mol. The topological polar surface area (TPSA) is 46.8 Å². The number of hydrogen-bond acceptors (Lipinski definition) is 4. The number of nitrogens with zero attached hydrogens (tertiary/aromatic N) is 5. The maximum absolute atomic E-state index is 13.1. The van der Waals surface area contributed by atoms with E-state index in [9.17, 15) is 13.2 Å². The standard InChI is InChI=1S/C22H26F3N5/c1-5-29(15-16-9-7-6-8-10-16)19(20-26-27-28-30(20)21(2,3)4)17-11-13-18(14-12-17)22(23,24)25/h6-14,19H,5,15H2,1-4H3/t19-/m1/s1. The SMILES string of the molecule is CCN(Cc1ccccc1)[C@H](c1ccc(C(F)(F)F)cc1)c1nnnn1C(C)(C)C. The first kappa shape index (κ1) is 22.0. The van der Waals surface area contributed by atoms with Gasteiger partial charge in [0, 0.05) is 6.54 Å². The molecule has 1 aromatic heterocycles. The van der Waals surface area contributed by atoms with Crippen molar-refractivity contribution < 1.29 is 13.2 Å². The van der Waals surface area contributed by atoms with E-state index in [1.54, 1.807) is 4.68 Å². The molecule has 0 radical (unpaired) electrons. The zero-order chi connectivity index (χ0) is 21.9. The van der Waals surface area contributed by atoms with Crippen LogP contribution >= 0.6 is 0 Å². The lowest BCUT2D eigenvalue weighted by molar-refractivity contribution is -0.137. The van der Waals surface area contributed by atoms with Gasteiger partial charge in [0.05, 0.1) is 17.1 Å². The average molecular weight is 417 g/mol. The Morgan fingerprint density at radius 3 is 2.13 bits per heavy atom. The molecule has 0 spiro atoms. The van der Waals surface area contributed by atoms with Gasteiger partial charge >= 0.3 is 6.18 Å². The Labute approximate surface area is 174 Å². The summed E-state index contributed by atoms with van der Waals surface area (Å²) in [5.41, 5.74) is 0.758. The number of benzene rings is 2. The van der Waals surface area contributed by atoms with E-state index in [1.807, 2.05) is 58.0 Å². The van der Waals surface area contributed by atoms with Crippen LogP contribution in [0, 0.1) is 0 Å². The van der Waals surface area contributed by atoms with Crippen molar-refractivity contribution >= 4 is 0 Å². The predicted molar refractivity (Wildman–Crippen MR) is 109 cm³/mol. The molecule has 3 rings (SSSR count). The summed E-state index contributed by atoms with van der Waals surface area (Å²) < 4.78 is 41.0. The second kappa shape index (κ2) is 8.55. The zero-order valence-corrected chi connectivity index (χ0v) is 17.6. The fourth-order valence-electron chi connectivity index (χ4n) is 3.42. The van der Waals surface area contributed by atoms with Gasteiger partial charge in [-0.1, -0.05) is 49.4 Å². The molecule has 5 nitrogen and oxygen atoms in total. The third kappa shape index (κ3) is 4.87. The molecule has 30 heavy (non-hydrogen) atoms. The van der Waals surface area contributed by atoms with Crippen molar-refractivity contribution in [2.24, 2.45) is 0 Å². The number of halogens is 3. The predicted octanol–water partition coefficient (Wildman–Crippen LogP) is 5.06. The molecular formula is C22H26F3N5. The summed E-state index contributed by atoms with van der Waals surface area (Å²) in [5.74, 6) is 0.597. The lowest BCUT2D eigenvalue weighted by Gasteiger charge is -2.32. The lowest BCUT2D eigenvalue weighted by atomic mass is 10.00. The highest BCUT2D eigenvalue weighted by Crippen LogP contribution is 2.34. The van der Waals surface area contributed by atoms with Crippen LogP contribution in [0.15, 0.2) is 54.6 Å². The minimum absolute atomic E-state index is 0.380. The van der Waals surface area contributed by atoms with Crippen LogP contribution in [0.1, 0.15) is 56.3 Å². The van der Waals surface area contributed by atoms with Gasteiger partial charge < -0.3 is 0 Å². The van der Waals surface area contributed by atoms with E-state index in [0.29, 0.717) is 24.5 Å². The molecule has 0 unspecified atom stereocenters. The number of aromatic nitrogens is 4. The summed E-state index contributed by atoms with van der Waals surface area (Å²) in [6.07, 6.45) is -4.38. The fraction of sp³-hybridized carbons (Fsp3) is 0.409. The van der Waals surface area contributed by atoms with E-state index >= 15 is 0 Å². The van der Waals surface area contributed by atoms with Gasteiger partial charge in [-0.05, 0) is 61.0 Å². The van der Waals surface area contributed by atoms with Crippen molar-refractivity contribution in [1.29, 1.82) is 0 Å². The third-order valence-electron chi connectivity index (χ3n) is 4.93. The number of alkyl halides is 3. The summed E-state index contributed by atoms with van der Waals surface area (Å²) in [5, 5.41) is 12.3. The molecule has 3 aromatic rings. The quantitative estimate of drug-likeness (QED) is 0.563. The van der Waals surface area contributed by atoms with E-state index in [2.05, 4.69) is 20.4 Å². The number of tetrazole rings is 1. The highest BCUT2D eigenvalue weighted by Gasteiger charge is 2.33. The normalized spacial score (nSPS) is 13.6. The Bertz CT molecular complexity index is 943. The minimum Gasteiger partial charge on any atom is -0.286 e. The van der Waals surface area contributed by atoms with Gasteiger partial charge in [0.2, 0.25) is 0 Å². The Balaban J connectivity index is 2.08. The number of hydrogen-bond donors (Lipinski definition) is 0. The highest BCUT2D eigenvalue weighted by molar-refractivity contribution is 5.30. The van der Waals surface area contributed by atoms with Crippen molar-refractivity contribution in [1.82, 2.24) is 25.1 Å². The second-order valence-corrected chi connectivity index (χ2v) is 8.19. The molecule has 0 amide bonds. The first-order valence-electron chi connectivity index (χ1n) is 9.85. The van der Waals surface area contributed by atoms with Crippen LogP contribution in [0.3, 0.4) is 0 Å². The summed E-state index contributed by atoms with van der Waals surface area (Å²) in [7, 11) is 0. The first-order valence-corrected chi connectivity index (χ1v) is 9.85. The molecule has 0 fully saturated rings. The molecule has 1 atom stereocenters. The van der Waals surface area contributed by atoms with Crippen molar-refractivity contribution in [2.75, 3.05) is 6.54 Å². The average Bonchev–Trinajstić information content (AvgIpc) is 3.18. The van der Waals surface area contributed by atoms with Crippen LogP contribution in [-0.4, -0.2) is 31.7 Å². The summed E-state index contributed by atoms with van der Waals surface area (Å²) in [6, 6.07) is 14.8. The van der Waals surface area contributed by atoms with E-state index < -0.39 is 17.8 Å². The molecule has 2 aromatic carbocycles. The molecule has 1 heterocycles. The van der Waals surface area contributed by atoms with Crippen LogP contribution in [0.2, 0.25) is 0 Å². The summed E-state index contributed by atoms with van der Waals surface area (Å²) in [4.78, 5) is 2.16. The van der Waals surface area contributed by atoms with E-state index in [-0.39, 0.29) is 5.54 Å². The maximum Gasteiger partial charge on any atom is 0.416 e. The molecule has 160 valence electrons. The van der Waals surface area contributed by atoms with E-state index in [4.69, 9.17) is 0 Å². The third-order valence-corrected chi connectivity index (χ3v) is 4.93. The van der Waals surface area contributed by atoms with Gasteiger partial charge in [0.15, 0.2) is 5.82 Å². The Hall–Kier alpha value is -2.74. The summed E-state index contributed by atoms with van der Waals surface area (Å²) in [6.45, 7) is 9.27. The van der Waals surface area contributed by atoms with Crippen molar-refractivity contribution in [2.45, 2.75) is 52.0 Å². The van der Waals surface area contributed by atoms with Gasteiger partial charge in [-0.2, -0.15) is 13.2 Å². The monoisotopic (exact) mass is 417 g/mol. The van der Waals surface area contributed by atoms with E-state index in [0.717, 1.165) is 17.7 Å². The van der Waals surface area contributed by atoms with Crippen LogP contribution in [-0.2, 0) is 18.3 Å². The van der Waals surface area contributed by atoms with Crippen LogP contribution in [0.5, 0.6) is 0 Å². The number of rotatable bonds is 6. The van der Waals surface area contributed by atoms with Gasteiger partial charge in [0.1, 0.15) is 0 Å². The van der Waals surface area contributed by atoms with Crippen molar-refractivity contribution in [3.05, 3.63) is 77.1 Å². The molecule has 8 heteroatoms. The van der Waals surface area contributed by atoms with Crippen LogP contribution < -0.4 is 0 Å². The van der Waals surface area contributed by atoms with Gasteiger partial charge in [-0.25, -0.2) is 4.68 Å². The van der Waals surface area contributed by atoms with Crippen molar-refractivity contribution in [3.8, 4) is 0 Å².